The molecule has 1 unspecified atom stereocenters. The highest BCUT2D eigenvalue weighted by Crippen LogP contribution is 2.28. The van der Waals surface area contributed by atoms with Gasteiger partial charge in [0, 0.05) is 26.2 Å². The molecule has 1 atom stereocenters. The van der Waals surface area contributed by atoms with Gasteiger partial charge in [-0.3, -0.25) is 9.69 Å². The van der Waals surface area contributed by atoms with Gasteiger partial charge in [-0.2, -0.15) is 0 Å². The first-order valence-electron chi connectivity index (χ1n) is 6.76. The van der Waals surface area contributed by atoms with E-state index in [1.165, 1.54) is 5.56 Å². The van der Waals surface area contributed by atoms with Crippen LogP contribution in [0.5, 0.6) is 0 Å². The van der Waals surface area contributed by atoms with Crippen molar-refractivity contribution < 1.29 is 9.90 Å². The van der Waals surface area contributed by atoms with Crippen LogP contribution in [0.4, 0.5) is 0 Å². The molecule has 0 saturated carbocycles. The molecular weight excluding hydrogens is 240 g/mol. The number of aryl methyl sites for hydroxylation is 3. The second-order valence-corrected chi connectivity index (χ2v) is 5.34. The van der Waals surface area contributed by atoms with Crippen molar-refractivity contribution in [3.63, 3.8) is 0 Å². The maximum absolute atomic E-state index is 11.7. The Balaban J connectivity index is 2.41. The Hall–Kier alpha value is -1.39. The van der Waals surface area contributed by atoms with Crippen LogP contribution in [-0.2, 0) is 4.79 Å². The van der Waals surface area contributed by atoms with E-state index in [9.17, 15) is 9.90 Å². The number of hydrogen-bond donors (Lipinski definition) is 2. The number of piperazine rings is 1. The Morgan fingerprint density at radius 2 is 1.74 bits per heavy atom. The van der Waals surface area contributed by atoms with Crippen LogP contribution < -0.4 is 5.32 Å². The van der Waals surface area contributed by atoms with E-state index < -0.39 is 12.0 Å². The van der Waals surface area contributed by atoms with Crippen LogP contribution in [0, 0.1) is 20.8 Å². The van der Waals surface area contributed by atoms with Crippen molar-refractivity contribution in [2.45, 2.75) is 26.8 Å². The summed E-state index contributed by atoms with van der Waals surface area (Å²) >= 11 is 0. The maximum atomic E-state index is 11.7. The Kier molecular flexibility index (Phi) is 4.22. The summed E-state index contributed by atoms with van der Waals surface area (Å²) in [6.07, 6.45) is 0. The average molecular weight is 262 g/mol. The van der Waals surface area contributed by atoms with Crippen LogP contribution in [0.2, 0.25) is 0 Å². The van der Waals surface area contributed by atoms with Crippen molar-refractivity contribution in [2.24, 2.45) is 0 Å². The van der Waals surface area contributed by atoms with Crippen LogP contribution in [-0.4, -0.2) is 42.2 Å². The van der Waals surface area contributed by atoms with E-state index in [4.69, 9.17) is 0 Å². The Bertz CT molecular complexity index is 456. The van der Waals surface area contributed by atoms with Gasteiger partial charge < -0.3 is 10.4 Å². The normalized spacial score (nSPS) is 18.3. The highest BCUT2D eigenvalue weighted by atomic mass is 16.4. The van der Waals surface area contributed by atoms with Gasteiger partial charge in [-0.25, -0.2) is 0 Å². The SMILES string of the molecule is Cc1cc(C)c(C(C(=O)O)N2CCNCC2)c(C)c1. The third-order valence-electron chi connectivity index (χ3n) is 3.76. The molecule has 0 spiro atoms. The lowest BCUT2D eigenvalue weighted by atomic mass is 9.93. The predicted octanol–water partition coefficient (Wildman–Crippen LogP) is 1.64. The molecule has 0 amide bonds. The van der Waals surface area contributed by atoms with E-state index in [0.29, 0.717) is 0 Å². The molecule has 1 heterocycles. The quantitative estimate of drug-likeness (QED) is 0.869. The first-order valence-corrected chi connectivity index (χ1v) is 6.76. The summed E-state index contributed by atoms with van der Waals surface area (Å²) in [6.45, 7) is 9.33. The summed E-state index contributed by atoms with van der Waals surface area (Å²) in [7, 11) is 0. The smallest absolute Gasteiger partial charge is 0.325 e. The fourth-order valence-corrected chi connectivity index (χ4v) is 3.03. The van der Waals surface area contributed by atoms with Crippen molar-refractivity contribution in [3.05, 3.63) is 34.4 Å². The second-order valence-electron chi connectivity index (χ2n) is 5.34. The molecular formula is C15H22N2O2. The third kappa shape index (κ3) is 2.96. The Morgan fingerprint density at radius 3 is 2.21 bits per heavy atom. The highest BCUT2D eigenvalue weighted by molar-refractivity contribution is 5.77. The molecule has 0 aromatic heterocycles. The summed E-state index contributed by atoms with van der Waals surface area (Å²) in [6, 6.07) is 3.61. The fourth-order valence-electron chi connectivity index (χ4n) is 3.03. The molecule has 0 bridgehead atoms. The number of carbonyl (C=O) groups is 1. The summed E-state index contributed by atoms with van der Waals surface area (Å²) in [5.41, 5.74) is 4.29. The molecule has 1 fully saturated rings. The standard InChI is InChI=1S/C15H22N2O2/c1-10-8-11(2)13(12(3)9-10)14(15(18)19)17-6-4-16-5-7-17/h8-9,14,16H,4-7H2,1-3H3,(H,18,19). The van der Waals surface area contributed by atoms with Crippen molar-refractivity contribution >= 4 is 5.97 Å². The monoisotopic (exact) mass is 262 g/mol. The van der Waals surface area contributed by atoms with E-state index >= 15 is 0 Å². The number of carboxylic acid groups (broad SMARTS) is 1. The molecule has 2 N–H and O–H groups in total. The largest absolute Gasteiger partial charge is 0.480 e. The van der Waals surface area contributed by atoms with Gasteiger partial charge >= 0.3 is 5.97 Å². The molecule has 4 heteroatoms. The van der Waals surface area contributed by atoms with Crippen LogP contribution in [0.1, 0.15) is 28.3 Å². The molecule has 1 aliphatic heterocycles. The Labute approximate surface area is 114 Å². The summed E-state index contributed by atoms with van der Waals surface area (Å²) in [4.78, 5) is 13.8. The number of carboxylic acids is 1. The molecule has 0 radical (unpaired) electrons. The van der Waals surface area contributed by atoms with E-state index in [1.54, 1.807) is 0 Å². The van der Waals surface area contributed by atoms with Gasteiger partial charge in [-0.15, -0.1) is 0 Å². The van der Waals surface area contributed by atoms with Gasteiger partial charge in [0.25, 0.3) is 0 Å². The molecule has 1 aliphatic rings. The minimum atomic E-state index is -0.753. The zero-order valence-corrected chi connectivity index (χ0v) is 11.9. The van der Waals surface area contributed by atoms with Gasteiger partial charge in [0.1, 0.15) is 6.04 Å². The van der Waals surface area contributed by atoms with Crippen LogP contribution >= 0.6 is 0 Å². The molecule has 4 nitrogen and oxygen atoms in total. The minimum Gasteiger partial charge on any atom is -0.480 e. The molecule has 1 aromatic carbocycles. The van der Waals surface area contributed by atoms with Gasteiger partial charge in [0.15, 0.2) is 0 Å². The molecule has 0 aliphatic carbocycles. The summed E-state index contributed by atoms with van der Waals surface area (Å²) in [5, 5.41) is 12.9. The Morgan fingerprint density at radius 1 is 1.21 bits per heavy atom. The van der Waals surface area contributed by atoms with E-state index in [2.05, 4.69) is 22.3 Å². The molecule has 104 valence electrons. The number of hydrogen-bond acceptors (Lipinski definition) is 3. The lowest BCUT2D eigenvalue weighted by molar-refractivity contribution is -0.143. The first kappa shape index (κ1) is 14.0. The van der Waals surface area contributed by atoms with Gasteiger partial charge in [0.2, 0.25) is 0 Å². The predicted molar refractivity (Wildman–Crippen MR) is 75.5 cm³/mol. The first-order chi connectivity index (χ1) is 9.00. The lowest BCUT2D eigenvalue weighted by Gasteiger charge is -2.34. The number of nitrogens with one attached hydrogen (secondary N) is 1. The van der Waals surface area contributed by atoms with Crippen molar-refractivity contribution in [2.75, 3.05) is 26.2 Å². The van der Waals surface area contributed by atoms with Gasteiger partial charge in [0.05, 0.1) is 0 Å². The summed E-state index contributed by atoms with van der Waals surface area (Å²) < 4.78 is 0. The minimum absolute atomic E-state index is 0.525. The van der Waals surface area contributed by atoms with E-state index in [-0.39, 0.29) is 0 Å². The number of benzene rings is 1. The van der Waals surface area contributed by atoms with Crippen LogP contribution in [0.25, 0.3) is 0 Å². The van der Waals surface area contributed by atoms with Crippen LogP contribution in [0.3, 0.4) is 0 Å². The zero-order valence-electron chi connectivity index (χ0n) is 11.9. The van der Waals surface area contributed by atoms with E-state index in [0.717, 1.165) is 42.9 Å². The molecule has 2 rings (SSSR count). The second kappa shape index (κ2) is 5.72. The summed E-state index contributed by atoms with van der Waals surface area (Å²) in [5.74, 6) is -0.753. The van der Waals surface area contributed by atoms with Gasteiger partial charge in [-0.1, -0.05) is 17.7 Å². The highest BCUT2D eigenvalue weighted by Gasteiger charge is 2.30. The molecule has 1 aromatic rings. The molecule has 1 saturated heterocycles. The molecule has 19 heavy (non-hydrogen) atoms. The maximum Gasteiger partial charge on any atom is 0.325 e. The number of rotatable bonds is 3. The average Bonchev–Trinajstić information content (AvgIpc) is 2.34. The van der Waals surface area contributed by atoms with E-state index in [1.807, 2.05) is 20.8 Å². The third-order valence-corrected chi connectivity index (χ3v) is 3.76. The fraction of sp³-hybridized carbons (Fsp3) is 0.533. The van der Waals surface area contributed by atoms with Crippen LogP contribution in [0.15, 0.2) is 12.1 Å². The number of nitrogens with zero attached hydrogens (tertiary/aromatic N) is 1. The lowest BCUT2D eigenvalue weighted by Crippen LogP contribution is -2.47. The van der Waals surface area contributed by atoms with Crippen molar-refractivity contribution in [1.82, 2.24) is 10.2 Å². The number of aliphatic carboxylic acids is 1. The van der Waals surface area contributed by atoms with Crippen molar-refractivity contribution in [3.8, 4) is 0 Å². The zero-order chi connectivity index (χ0) is 14.0. The topological polar surface area (TPSA) is 52.6 Å². The van der Waals surface area contributed by atoms with Crippen molar-refractivity contribution in [1.29, 1.82) is 0 Å². The van der Waals surface area contributed by atoms with Gasteiger partial charge in [-0.05, 0) is 37.5 Å².